The number of rotatable bonds is 6. The van der Waals surface area contributed by atoms with Crippen LogP contribution in [0.15, 0.2) is 64.2 Å². The molecule has 0 atom stereocenters. The normalized spacial score (nSPS) is 10.9. The van der Waals surface area contributed by atoms with Gasteiger partial charge in [-0.2, -0.15) is 0 Å². The van der Waals surface area contributed by atoms with Crippen molar-refractivity contribution in [3.8, 4) is 11.3 Å². The fourth-order valence-corrected chi connectivity index (χ4v) is 3.00. The minimum atomic E-state index is -0.819. The fraction of sp³-hybridized carbons (Fsp3) is 0.238. The van der Waals surface area contributed by atoms with Gasteiger partial charge in [0, 0.05) is 5.56 Å². The summed E-state index contributed by atoms with van der Waals surface area (Å²) in [6.07, 6.45) is 0.377. The summed E-state index contributed by atoms with van der Waals surface area (Å²) in [7, 11) is 0. The molecule has 0 saturated heterocycles. The van der Waals surface area contributed by atoms with E-state index in [0.717, 1.165) is 16.7 Å². The fourth-order valence-electron chi connectivity index (χ4n) is 3.00. The quantitative estimate of drug-likeness (QED) is 0.681. The summed E-state index contributed by atoms with van der Waals surface area (Å²) in [6, 6.07) is 17.1. The summed E-state index contributed by atoms with van der Waals surface area (Å²) in [5, 5.41) is 9.95. The van der Waals surface area contributed by atoms with Crippen LogP contribution in [0.1, 0.15) is 23.6 Å². The van der Waals surface area contributed by atoms with Crippen LogP contribution in [-0.4, -0.2) is 14.5 Å². The van der Waals surface area contributed by atoms with Crippen molar-refractivity contribution in [3.63, 3.8) is 0 Å². The zero-order valence-electron chi connectivity index (χ0n) is 15.4. The maximum Gasteiger partial charge on any atom is 0.366 e. The van der Waals surface area contributed by atoms with Gasteiger partial charge in [0.05, 0.1) is 12.3 Å². The van der Waals surface area contributed by atoms with Gasteiger partial charge in [-0.15, -0.1) is 0 Å². The van der Waals surface area contributed by atoms with E-state index in [9.17, 15) is 14.8 Å². The Morgan fingerprint density at radius 3 is 2.30 bits per heavy atom. The number of nitrogens with zero attached hydrogens (tertiary/aromatic N) is 2. The molecule has 140 valence electrons. The Balaban J connectivity index is 2.05. The lowest BCUT2D eigenvalue weighted by Gasteiger charge is -2.17. The third-order valence-electron chi connectivity index (χ3n) is 4.43. The Morgan fingerprint density at radius 2 is 1.67 bits per heavy atom. The van der Waals surface area contributed by atoms with Crippen LogP contribution < -0.4 is 11.2 Å². The van der Waals surface area contributed by atoms with Gasteiger partial charge in [-0.05, 0) is 24.5 Å². The summed E-state index contributed by atoms with van der Waals surface area (Å²) in [6.45, 7) is 4.01. The lowest BCUT2D eigenvalue weighted by atomic mass is 10.0. The van der Waals surface area contributed by atoms with Gasteiger partial charge in [0.1, 0.15) is 6.73 Å². The molecule has 3 rings (SSSR count). The van der Waals surface area contributed by atoms with E-state index in [2.05, 4.69) is 0 Å². The first kappa shape index (κ1) is 18.7. The maximum absolute atomic E-state index is 12.6. The van der Waals surface area contributed by atoms with Gasteiger partial charge in [-0.3, -0.25) is 9.36 Å². The number of benzene rings is 2. The number of ether oxygens (including phenoxy) is 1. The van der Waals surface area contributed by atoms with Crippen molar-refractivity contribution in [1.82, 2.24) is 9.30 Å². The summed E-state index contributed by atoms with van der Waals surface area (Å²) >= 11 is 0. The highest BCUT2D eigenvalue weighted by Gasteiger charge is 2.19. The predicted molar refractivity (Wildman–Crippen MR) is 103 cm³/mol. The minimum absolute atomic E-state index is 0.0786. The zero-order chi connectivity index (χ0) is 19.4. The summed E-state index contributed by atoms with van der Waals surface area (Å²) < 4.78 is 7.16. The predicted octanol–water partition coefficient (Wildman–Crippen LogP) is 2.96. The Morgan fingerprint density at radius 1 is 1.00 bits per heavy atom. The molecule has 0 fully saturated rings. The van der Waals surface area contributed by atoms with E-state index in [0.29, 0.717) is 24.3 Å². The molecule has 0 aliphatic rings. The third-order valence-corrected chi connectivity index (χ3v) is 4.43. The van der Waals surface area contributed by atoms with E-state index >= 15 is 0 Å². The zero-order valence-corrected chi connectivity index (χ0v) is 15.4. The molecule has 1 N–H and O–H groups in total. The molecule has 3 aromatic rings. The van der Waals surface area contributed by atoms with Gasteiger partial charge in [0.25, 0.3) is 5.56 Å². The van der Waals surface area contributed by atoms with Gasteiger partial charge in [-0.1, -0.05) is 71.8 Å². The van der Waals surface area contributed by atoms with Gasteiger partial charge in [0.15, 0.2) is 0 Å². The molecule has 0 spiro atoms. The largest absolute Gasteiger partial charge is 0.421 e. The van der Waals surface area contributed by atoms with E-state index < -0.39 is 11.2 Å². The van der Waals surface area contributed by atoms with Gasteiger partial charge in [0.2, 0.25) is 0 Å². The summed E-state index contributed by atoms with van der Waals surface area (Å²) in [5.41, 5.74) is 2.10. The molecule has 6 nitrogen and oxygen atoms in total. The molecule has 27 heavy (non-hydrogen) atoms. The van der Waals surface area contributed by atoms with Crippen molar-refractivity contribution in [2.75, 3.05) is 0 Å². The molecule has 1 aromatic heterocycles. The Bertz CT molecular complexity index is 1030. The van der Waals surface area contributed by atoms with Crippen LogP contribution in [0, 0.1) is 6.92 Å². The topological polar surface area (TPSA) is 73.5 Å². The lowest BCUT2D eigenvalue weighted by Crippen LogP contribution is -2.42. The lowest BCUT2D eigenvalue weighted by molar-refractivity contribution is 0.0532. The third kappa shape index (κ3) is 3.85. The number of hydrogen-bond donors (Lipinski definition) is 1. The molecule has 2 aromatic carbocycles. The van der Waals surface area contributed by atoms with Crippen LogP contribution in [0.5, 0.6) is 0 Å². The van der Waals surface area contributed by atoms with Crippen molar-refractivity contribution in [1.29, 1.82) is 0 Å². The van der Waals surface area contributed by atoms with Crippen molar-refractivity contribution in [2.24, 2.45) is 0 Å². The number of aryl methyl sites for hydroxylation is 1. The SMILES string of the molecule is CCc1c(-c2ccc(C)cc2)n(COCc2ccccc2)c(=O)n(O)c1=O. The Hall–Kier alpha value is -3.12. The van der Waals surface area contributed by atoms with Gasteiger partial charge < -0.3 is 9.94 Å². The van der Waals surface area contributed by atoms with Crippen molar-refractivity contribution in [3.05, 3.63) is 92.1 Å². The monoisotopic (exact) mass is 366 g/mol. The highest BCUT2D eigenvalue weighted by molar-refractivity contribution is 5.63. The van der Waals surface area contributed by atoms with Gasteiger partial charge >= 0.3 is 5.69 Å². The molecule has 0 amide bonds. The Labute approximate surface area is 156 Å². The standard InChI is InChI=1S/C21H22N2O4/c1-3-18-19(17-11-9-15(2)10-12-17)22(21(25)23(26)20(18)24)14-27-13-16-7-5-4-6-8-16/h4-12,26H,3,13-14H2,1-2H3. The van der Waals surface area contributed by atoms with Crippen molar-refractivity contribution < 1.29 is 9.94 Å². The van der Waals surface area contributed by atoms with Gasteiger partial charge in [-0.25, -0.2) is 4.79 Å². The molecule has 1 heterocycles. The van der Waals surface area contributed by atoms with Crippen LogP contribution in [0.3, 0.4) is 0 Å². The number of aromatic nitrogens is 2. The molecule has 0 bridgehead atoms. The van der Waals surface area contributed by atoms with E-state index in [1.165, 1.54) is 4.57 Å². The van der Waals surface area contributed by atoms with E-state index in [1.54, 1.807) is 0 Å². The molecule has 0 aliphatic heterocycles. The van der Waals surface area contributed by atoms with Crippen LogP contribution in [-0.2, 0) is 24.5 Å². The summed E-state index contributed by atoms with van der Waals surface area (Å²) in [4.78, 5) is 24.9. The second-order valence-electron chi connectivity index (χ2n) is 6.34. The molecule has 0 unspecified atom stereocenters. The van der Waals surface area contributed by atoms with E-state index in [1.807, 2.05) is 68.4 Å². The second kappa shape index (κ2) is 8.05. The minimum Gasteiger partial charge on any atom is -0.421 e. The average molecular weight is 366 g/mol. The van der Waals surface area contributed by atoms with E-state index in [4.69, 9.17) is 4.74 Å². The van der Waals surface area contributed by atoms with E-state index in [-0.39, 0.29) is 11.5 Å². The van der Waals surface area contributed by atoms with Crippen LogP contribution >= 0.6 is 0 Å². The number of hydrogen-bond acceptors (Lipinski definition) is 4. The first-order valence-electron chi connectivity index (χ1n) is 8.79. The molecule has 0 aliphatic carbocycles. The van der Waals surface area contributed by atoms with Crippen LogP contribution in [0.2, 0.25) is 0 Å². The van der Waals surface area contributed by atoms with Crippen LogP contribution in [0.4, 0.5) is 0 Å². The van der Waals surface area contributed by atoms with Crippen LogP contribution in [0.25, 0.3) is 11.3 Å². The highest BCUT2D eigenvalue weighted by Crippen LogP contribution is 2.22. The second-order valence-corrected chi connectivity index (χ2v) is 6.34. The molecular formula is C21H22N2O4. The molecular weight excluding hydrogens is 344 g/mol. The summed E-state index contributed by atoms with van der Waals surface area (Å²) in [5.74, 6) is 0. The highest BCUT2D eigenvalue weighted by atomic mass is 16.5. The first-order valence-corrected chi connectivity index (χ1v) is 8.79. The molecule has 0 radical (unpaired) electrons. The molecule has 0 saturated carbocycles. The Kier molecular flexibility index (Phi) is 5.57. The van der Waals surface area contributed by atoms with Crippen molar-refractivity contribution in [2.45, 2.75) is 33.6 Å². The smallest absolute Gasteiger partial charge is 0.366 e. The first-order chi connectivity index (χ1) is 13.0. The van der Waals surface area contributed by atoms with Crippen molar-refractivity contribution >= 4 is 0 Å². The average Bonchev–Trinajstić information content (AvgIpc) is 2.69. The molecule has 6 heteroatoms. The maximum atomic E-state index is 12.6.